The van der Waals surface area contributed by atoms with Crippen molar-refractivity contribution in [3.05, 3.63) is 21.9 Å². The van der Waals surface area contributed by atoms with E-state index in [0.29, 0.717) is 6.54 Å². The van der Waals surface area contributed by atoms with Crippen molar-refractivity contribution in [1.82, 2.24) is 5.32 Å². The Kier molecular flexibility index (Phi) is 6.40. The first-order valence-electron chi connectivity index (χ1n) is 5.81. The summed E-state index contributed by atoms with van der Waals surface area (Å²) in [6.45, 7) is -0.686. The third-order valence-corrected chi connectivity index (χ3v) is 3.89. The van der Waals surface area contributed by atoms with E-state index in [1.165, 1.54) is 18.4 Å². The first-order chi connectivity index (χ1) is 9.09. The zero-order valence-corrected chi connectivity index (χ0v) is 11.6. The predicted octanol–water partition coefficient (Wildman–Crippen LogP) is -0.731. The normalized spacial score (nSPS) is 11.6. The summed E-state index contributed by atoms with van der Waals surface area (Å²) >= 11 is 1.44. The highest BCUT2D eigenvalue weighted by molar-refractivity contribution is 7.12. The van der Waals surface area contributed by atoms with Crippen molar-refractivity contribution in [3.8, 4) is 0 Å². The van der Waals surface area contributed by atoms with Gasteiger partial charge in [-0.15, -0.1) is 11.3 Å². The molecule has 0 fully saturated rings. The summed E-state index contributed by atoms with van der Waals surface area (Å²) in [6, 6.07) is 3.68. The van der Waals surface area contributed by atoms with Crippen LogP contribution in [0.25, 0.3) is 0 Å². The Morgan fingerprint density at radius 3 is 2.37 bits per heavy atom. The highest BCUT2D eigenvalue weighted by Crippen LogP contribution is 2.18. The standard InChI is InChI=1S/C12H19NO5S/c1-18-11(17)4-9-2-3-10(19-9)5-13-12(6-14,7-15)8-16/h2-3,13-16H,4-8H2,1H3. The zero-order chi connectivity index (χ0) is 14.3. The van der Waals surface area contributed by atoms with E-state index in [1.54, 1.807) is 0 Å². The number of thiophene rings is 1. The van der Waals surface area contributed by atoms with Gasteiger partial charge in [-0.1, -0.05) is 0 Å². The number of carbonyl (C=O) groups excluding carboxylic acids is 1. The summed E-state index contributed by atoms with van der Waals surface area (Å²) in [6.07, 6.45) is 0.228. The Bertz CT molecular complexity index is 394. The Morgan fingerprint density at radius 2 is 1.84 bits per heavy atom. The highest BCUT2D eigenvalue weighted by atomic mass is 32.1. The van der Waals surface area contributed by atoms with Gasteiger partial charge < -0.3 is 25.4 Å². The Morgan fingerprint density at radius 1 is 1.26 bits per heavy atom. The van der Waals surface area contributed by atoms with Crippen LogP contribution in [0.3, 0.4) is 0 Å². The molecule has 0 aliphatic carbocycles. The molecule has 0 spiro atoms. The molecule has 1 aromatic rings. The average Bonchev–Trinajstić information content (AvgIpc) is 2.88. The summed E-state index contributed by atoms with van der Waals surface area (Å²) in [5.74, 6) is -0.295. The minimum absolute atomic E-state index is 0.228. The van der Waals surface area contributed by atoms with Gasteiger partial charge in [0.05, 0.1) is 38.9 Å². The number of aliphatic hydroxyl groups is 3. The Balaban J connectivity index is 2.56. The van der Waals surface area contributed by atoms with E-state index >= 15 is 0 Å². The van der Waals surface area contributed by atoms with Gasteiger partial charge in [0.1, 0.15) is 0 Å². The van der Waals surface area contributed by atoms with Crippen LogP contribution < -0.4 is 5.32 Å². The number of nitrogens with one attached hydrogen (secondary N) is 1. The lowest BCUT2D eigenvalue weighted by atomic mass is 10.0. The van der Waals surface area contributed by atoms with Gasteiger partial charge in [0, 0.05) is 16.3 Å². The zero-order valence-electron chi connectivity index (χ0n) is 10.8. The van der Waals surface area contributed by atoms with E-state index in [1.807, 2.05) is 12.1 Å². The number of esters is 1. The molecule has 1 heterocycles. The van der Waals surface area contributed by atoms with E-state index in [-0.39, 0.29) is 32.2 Å². The molecule has 19 heavy (non-hydrogen) atoms. The van der Waals surface area contributed by atoms with E-state index in [4.69, 9.17) is 0 Å². The summed E-state index contributed by atoms with van der Waals surface area (Å²) in [5.41, 5.74) is -1.09. The van der Waals surface area contributed by atoms with E-state index in [2.05, 4.69) is 10.1 Å². The third kappa shape index (κ3) is 4.55. The molecule has 0 bridgehead atoms. The minimum Gasteiger partial charge on any atom is -0.469 e. The Hall–Kier alpha value is -0.990. The van der Waals surface area contributed by atoms with E-state index < -0.39 is 5.54 Å². The second-order valence-corrected chi connectivity index (χ2v) is 5.48. The molecule has 0 aliphatic heterocycles. The average molecular weight is 289 g/mol. The summed E-state index contributed by atoms with van der Waals surface area (Å²) in [7, 11) is 1.34. The van der Waals surface area contributed by atoms with Crippen molar-refractivity contribution in [3.63, 3.8) is 0 Å². The summed E-state index contributed by atoms with van der Waals surface area (Å²) in [5, 5.41) is 30.4. The van der Waals surface area contributed by atoms with Crippen LogP contribution >= 0.6 is 11.3 Å². The van der Waals surface area contributed by atoms with Gasteiger partial charge in [0.25, 0.3) is 0 Å². The fourth-order valence-electron chi connectivity index (χ4n) is 1.42. The molecule has 0 atom stereocenters. The summed E-state index contributed by atoms with van der Waals surface area (Å²) < 4.78 is 4.58. The molecule has 0 radical (unpaired) electrons. The fraction of sp³-hybridized carbons (Fsp3) is 0.583. The van der Waals surface area contributed by atoms with Gasteiger partial charge in [-0.25, -0.2) is 0 Å². The first kappa shape index (κ1) is 16.1. The number of aliphatic hydroxyl groups excluding tert-OH is 3. The first-order valence-corrected chi connectivity index (χ1v) is 6.63. The van der Waals surface area contributed by atoms with E-state index in [0.717, 1.165) is 9.75 Å². The van der Waals surface area contributed by atoms with Crippen molar-refractivity contribution in [1.29, 1.82) is 0 Å². The molecule has 6 nitrogen and oxygen atoms in total. The molecular weight excluding hydrogens is 270 g/mol. The van der Waals surface area contributed by atoms with Gasteiger partial charge >= 0.3 is 5.97 Å². The Labute approximate surface area is 115 Å². The fourth-order valence-corrected chi connectivity index (χ4v) is 2.36. The van der Waals surface area contributed by atoms with Gasteiger partial charge in [0.2, 0.25) is 0 Å². The van der Waals surface area contributed by atoms with Crippen LogP contribution in [0, 0.1) is 0 Å². The van der Waals surface area contributed by atoms with E-state index in [9.17, 15) is 20.1 Å². The predicted molar refractivity (Wildman–Crippen MR) is 70.9 cm³/mol. The van der Waals surface area contributed by atoms with Gasteiger partial charge in [-0.05, 0) is 12.1 Å². The monoisotopic (exact) mass is 289 g/mol. The molecule has 4 N–H and O–H groups in total. The maximum atomic E-state index is 11.1. The largest absolute Gasteiger partial charge is 0.469 e. The lowest BCUT2D eigenvalue weighted by Crippen LogP contribution is -2.54. The molecule has 0 amide bonds. The van der Waals surface area contributed by atoms with Gasteiger partial charge in [-0.3, -0.25) is 4.79 Å². The van der Waals surface area contributed by atoms with Crippen LogP contribution in [-0.4, -0.2) is 53.8 Å². The molecule has 108 valence electrons. The van der Waals surface area contributed by atoms with Crippen LogP contribution in [0.2, 0.25) is 0 Å². The summed E-state index contributed by atoms with van der Waals surface area (Å²) in [4.78, 5) is 12.9. The number of methoxy groups -OCH3 is 1. The van der Waals surface area contributed by atoms with Gasteiger partial charge in [0.15, 0.2) is 0 Å². The molecule has 0 saturated heterocycles. The van der Waals surface area contributed by atoms with Crippen molar-refractivity contribution < 1.29 is 24.9 Å². The maximum Gasteiger partial charge on any atom is 0.310 e. The number of carbonyl (C=O) groups is 1. The lowest BCUT2D eigenvalue weighted by molar-refractivity contribution is -0.139. The third-order valence-electron chi connectivity index (χ3n) is 2.81. The van der Waals surface area contributed by atoms with Crippen molar-refractivity contribution >= 4 is 17.3 Å². The maximum absolute atomic E-state index is 11.1. The van der Waals surface area contributed by atoms with Crippen LogP contribution in [0.4, 0.5) is 0 Å². The molecule has 7 heteroatoms. The second-order valence-electron chi connectivity index (χ2n) is 4.23. The van der Waals surface area contributed by atoms with Crippen LogP contribution in [0.1, 0.15) is 9.75 Å². The molecule has 0 aliphatic rings. The number of hydrogen-bond donors (Lipinski definition) is 4. The minimum atomic E-state index is -1.09. The second kappa shape index (κ2) is 7.56. The van der Waals surface area contributed by atoms with Crippen LogP contribution in [-0.2, 0) is 22.5 Å². The van der Waals surface area contributed by atoms with Crippen molar-refractivity contribution in [2.75, 3.05) is 26.9 Å². The molecular formula is C12H19NO5S. The van der Waals surface area contributed by atoms with Crippen LogP contribution in [0.5, 0.6) is 0 Å². The molecule has 1 aromatic heterocycles. The van der Waals surface area contributed by atoms with Crippen molar-refractivity contribution in [2.24, 2.45) is 0 Å². The quantitative estimate of drug-likeness (QED) is 0.471. The SMILES string of the molecule is COC(=O)Cc1ccc(CNC(CO)(CO)CO)s1. The molecule has 0 unspecified atom stereocenters. The van der Waals surface area contributed by atoms with Crippen LogP contribution in [0.15, 0.2) is 12.1 Å². The topological polar surface area (TPSA) is 99.0 Å². The highest BCUT2D eigenvalue weighted by Gasteiger charge is 2.27. The number of rotatable bonds is 8. The molecule has 0 saturated carbocycles. The smallest absolute Gasteiger partial charge is 0.310 e. The number of ether oxygens (including phenoxy) is 1. The number of hydrogen-bond acceptors (Lipinski definition) is 7. The molecule has 1 rings (SSSR count). The van der Waals surface area contributed by atoms with Gasteiger partial charge in [-0.2, -0.15) is 0 Å². The van der Waals surface area contributed by atoms with Crippen molar-refractivity contribution in [2.45, 2.75) is 18.5 Å². The lowest BCUT2D eigenvalue weighted by Gasteiger charge is -2.28. The molecule has 0 aromatic carbocycles.